The summed E-state index contributed by atoms with van der Waals surface area (Å²) in [4.78, 5) is 35.6. The number of ketones is 1. The topological polar surface area (TPSA) is 72.5 Å². The number of esters is 1. The molecule has 0 aliphatic heterocycles. The minimum absolute atomic E-state index is 0.0896. The van der Waals surface area contributed by atoms with Gasteiger partial charge in [-0.3, -0.25) is 9.59 Å². The third kappa shape index (κ3) is 4.02. The summed E-state index contributed by atoms with van der Waals surface area (Å²) in [7, 11) is 0. The molecule has 0 fully saturated rings. The third-order valence-electron chi connectivity index (χ3n) is 2.91. The van der Waals surface area contributed by atoms with E-state index in [-0.39, 0.29) is 5.78 Å². The zero-order chi connectivity index (χ0) is 16.1. The Kier molecular flexibility index (Phi) is 5.06. The molecular formula is C16H15NO4S. The maximum atomic E-state index is 12.0. The van der Waals surface area contributed by atoms with Gasteiger partial charge >= 0.3 is 5.97 Å². The number of anilines is 1. The molecule has 1 unspecified atom stereocenters. The largest absolute Gasteiger partial charge is 0.448 e. The number of carbonyl (C=O) groups is 3. The smallest absolute Gasteiger partial charge is 0.349 e. The molecule has 2 rings (SSSR count). The van der Waals surface area contributed by atoms with Gasteiger partial charge in [0.25, 0.3) is 5.91 Å². The Hall–Kier alpha value is -2.47. The van der Waals surface area contributed by atoms with Crippen LogP contribution in [0.25, 0.3) is 0 Å². The lowest BCUT2D eigenvalue weighted by Gasteiger charge is -2.13. The summed E-state index contributed by atoms with van der Waals surface area (Å²) in [5.74, 6) is -1.07. The van der Waals surface area contributed by atoms with E-state index in [9.17, 15) is 14.4 Å². The Balaban J connectivity index is 1.98. The predicted octanol–water partition coefficient (Wildman–Crippen LogP) is 3.13. The first kappa shape index (κ1) is 15.9. The monoisotopic (exact) mass is 317 g/mol. The Morgan fingerprint density at radius 3 is 2.59 bits per heavy atom. The van der Waals surface area contributed by atoms with Crippen LogP contribution >= 0.6 is 11.3 Å². The molecule has 1 amide bonds. The Morgan fingerprint density at radius 1 is 1.18 bits per heavy atom. The molecule has 1 atom stereocenters. The average Bonchev–Trinajstić information content (AvgIpc) is 3.01. The van der Waals surface area contributed by atoms with Crippen LogP contribution in [-0.4, -0.2) is 23.8 Å². The van der Waals surface area contributed by atoms with E-state index in [1.165, 1.54) is 25.2 Å². The quantitative estimate of drug-likeness (QED) is 0.679. The SMILES string of the molecule is CC(=O)c1cccc(NC(=O)C(C)OC(=O)c2cccs2)c1. The van der Waals surface area contributed by atoms with Crippen molar-refractivity contribution in [2.24, 2.45) is 0 Å². The molecule has 6 heteroatoms. The number of carbonyl (C=O) groups excluding carboxylic acids is 3. The number of benzene rings is 1. The highest BCUT2D eigenvalue weighted by molar-refractivity contribution is 7.11. The van der Waals surface area contributed by atoms with Crippen molar-refractivity contribution in [1.82, 2.24) is 0 Å². The standard InChI is InChI=1S/C16H15NO4S/c1-10(18)12-5-3-6-13(9-12)17-15(19)11(2)21-16(20)14-7-4-8-22-14/h3-9,11H,1-2H3,(H,17,19). The van der Waals surface area contributed by atoms with E-state index in [1.807, 2.05) is 0 Å². The van der Waals surface area contributed by atoms with Gasteiger partial charge in [-0.2, -0.15) is 0 Å². The van der Waals surface area contributed by atoms with E-state index in [2.05, 4.69) is 5.32 Å². The van der Waals surface area contributed by atoms with Gasteiger partial charge in [0.1, 0.15) is 4.88 Å². The van der Waals surface area contributed by atoms with Crippen molar-refractivity contribution in [3.63, 3.8) is 0 Å². The van der Waals surface area contributed by atoms with Gasteiger partial charge in [-0.15, -0.1) is 11.3 Å². The number of amides is 1. The summed E-state index contributed by atoms with van der Waals surface area (Å²) in [5.41, 5.74) is 0.984. The summed E-state index contributed by atoms with van der Waals surface area (Å²) in [6.45, 7) is 2.95. The lowest BCUT2D eigenvalue weighted by Crippen LogP contribution is -2.29. The molecule has 0 spiro atoms. The van der Waals surface area contributed by atoms with Crippen LogP contribution in [0, 0.1) is 0 Å². The maximum absolute atomic E-state index is 12.0. The molecule has 0 aliphatic carbocycles. The van der Waals surface area contributed by atoms with Crippen molar-refractivity contribution in [1.29, 1.82) is 0 Å². The van der Waals surface area contributed by atoms with E-state index in [0.29, 0.717) is 16.1 Å². The van der Waals surface area contributed by atoms with Crippen molar-refractivity contribution < 1.29 is 19.1 Å². The molecule has 0 aliphatic rings. The summed E-state index contributed by atoms with van der Waals surface area (Å²) in [6.07, 6.45) is -0.935. The lowest BCUT2D eigenvalue weighted by atomic mass is 10.1. The number of Topliss-reactive ketones (excluding diaryl/α,β-unsaturated/α-hetero) is 1. The fourth-order valence-electron chi connectivity index (χ4n) is 1.73. The van der Waals surface area contributed by atoms with Crippen LogP contribution in [0.5, 0.6) is 0 Å². The molecule has 0 bridgehead atoms. The second kappa shape index (κ2) is 7.00. The maximum Gasteiger partial charge on any atom is 0.349 e. The zero-order valence-corrected chi connectivity index (χ0v) is 13.0. The summed E-state index contributed by atoms with van der Waals surface area (Å²) in [6, 6.07) is 9.95. The van der Waals surface area contributed by atoms with Gasteiger partial charge in [-0.1, -0.05) is 18.2 Å². The molecule has 0 saturated carbocycles. The van der Waals surface area contributed by atoms with Gasteiger partial charge in [-0.05, 0) is 37.4 Å². The van der Waals surface area contributed by atoms with Gasteiger partial charge in [0.15, 0.2) is 11.9 Å². The van der Waals surface area contributed by atoms with Gasteiger partial charge in [0, 0.05) is 11.3 Å². The number of ether oxygens (including phenoxy) is 1. The van der Waals surface area contributed by atoms with E-state index in [1.54, 1.807) is 41.8 Å². The Morgan fingerprint density at radius 2 is 1.95 bits per heavy atom. The van der Waals surface area contributed by atoms with E-state index < -0.39 is 18.0 Å². The minimum Gasteiger partial charge on any atom is -0.448 e. The molecule has 1 aromatic carbocycles. The van der Waals surface area contributed by atoms with Crippen LogP contribution in [0.3, 0.4) is 0 Å². The fraction of sp³-hybridized carbons (Fsp3) is 0.188. The highest BCUT2D eigenvalue weighted by Gasteiger charge is 2.19. The van der Waals surface area contributed by atoms with E-state index in [0.717, 1.165) is 0 Å². The molecule has 114 valence electrons. The second-order valence-corrected chi connectivity index (χ2v) is 5.60. The van der Waals surface area contributed by atoms with Crippen LogP contribution < -0.4 is 5.32 Å². The summed E-state index contributed by atoms with van der Waals surface area (Å²) in [5, 5.41) is 4.38. The van der Waals surface area contributed by atoms with Crippen LogP contribution in [-0.2, 0) is 9.53 Å². The minimum atomic E-state index is -0.935. The molecule has 2 aromatic rings. The third-order valence-corrected chi connectivity index (χ3v) is 3.76. The molecule has 1 heterocycles. The van der Waals surface area contributed by atoms with Gasteiger partial charge in [0.2, 0.25) is 0 Å². The molecule has 1 N–H and O–H groups in total. The molecule has 0 saturated heterocycles. The van der Waals surface area contributed by atoms with Gasteiger partial charge in [0.05, 0.1) is 0 Å². The van der Waals surface area contributed by atoms with Crippen molar-refractivity contribution in [3.05, 3.63) is 52.2 Å². The molecule has 5 nitrogen and oxygen atoms in total. The highest BCUT2D eigenvalue weighted by Crippen LogP contribution is 2.14. The average molecular weight is 317 g/mol. The Labute approximate surface area is 131 Å². The zero-order valence-electron chi connectivity index (χ0n) is 12.2. The highest BCUT2D eigenvalue weighted by atomic mass is 32.1. The number of thiophene rings is 1. The molecule has 1 aromatic heterocycles. The first-order valence-corrected chi connectivity index (χ1v) is 7.51. The summed E-state index contributed by atoms with van der Waals surface area (Å²) < 4.78 is 5.10. The van der Waals surface area contributed by atoms with Gasteiger partial charge in [-0.25, -0.2) is 4.79 Å². The van der Waals surface area contributed by atoms with E-state index >= 15 is 0 Å². The molecule has 0 radical (unpaired) electrons. The normalized spacial score (nSPS) is 11.5. The van der Waals surface area contributed by atoms with Crippen LogP contribution in [0.4, 0.5) is 5.69 Å². The van der Waals surface area contributed by atoms with E-state index in [4.69, 9.17) is 4.74 Å². The van der Waals surface area contributed by atoms with Crippen molar-refractivity contribution in [2.45, 2.75) is 20.0 Å². The van der Waals surface area contributed by atoms with Crippen molar-refractivity contribution in [2.75, 3.05) is 5.32 Å². The Bertz CT molecular complexity index is 694. The second-order valence-electron chi connectivity index (χ2n) is 4.65. The molecule has 22 heavy (non-hydrogen) atoms. The van der Waals surface area contributed by atoms with Crippen LogP contribution in [0.2, 0.25) is 0 Å². The number of hydrogen-bond donors (Lipinski definition) is 1. The number of hydrogen-bond acceptors (Lipinski definition) is 5. The number of rotatable bonds is 5. The predicted molar refractivity (Wildman–Crippen MR) is 84.3 cm³/mol. The lowest BCUT2D eigenvalue weighted by molar-refractivity contribution is -0.123. The first-order valence-electron chi connectivity index (χ1n) is 6.63. The van der Waals surface area contributed by atoms with Crippen molar-refractivity contribution >= 4 is 34.7 Å². The fourth-order valence-corrected chi connectivity index (χ4v) is 2.33. The van der Waals surface area contributed by atoms with Crippen molar-refractivity contribution in [3.8, 4) is 0 Å². The van der Waals surface area contributed by atoms with Gasteiger partial charge < -0.3 is 10.1 Å². The van der Waals surface area contributed by atoms with Crippen LogP contribution in [0.15, 0.2) is 41.8 Å². The van der Waals surface area contributed by atoms with Crippen LogP contribution in [0.1, 0.15) is 33.9 Å². The first-order chi connectivity index (χ1) is 10.5. The molecular weight excluding hydrogens is 302 g/mol. The number of nitrogens with one attached hydrogen (secondary N) is 1. The summed E-state index contributed by atoms with van der Waals surface area (Å²) >= 11 is 1.25.